The summed E-state index contributed by atoms with van der Waals surface area (Å²) in [5, 5.41) is 6.23. The second-order valence-electron chi connectivity index (χ2n) is 6.34. The van der Waals surface area contributed by atoms with E-state index in [-0.39, 0.29) is 17.0 Å². The third kappa shape index (κ3) is 5.81. The molecule has 29 heavy (non-hydrogen) atoms. The summed E-state index contributed by atoms with van der Waals surface area (Å²) in [6, 6.07) is 12.8. The molecule has 0 bridgehead atoms. The zero-order valence-electron chi connectivity index (χ0n) is 16.2. The van der Waals surface area contributed by atoms with Crippen molar-refractivity contribution in [2.75, 3.05) is 11.9 Å². The number of halogens is 3. The lowest BCUT2D eigenvalue weighted by atomic mass is 9.99. The molecule has 0 aliphatic carbocycles. The Hall–Kier alpha value is -3.35. The van der Waals surface area contributed by atoms with E-state index in [1.54, 1.807) is 0 Å². The standard InChI is InChI=1S/C22H25F3N4/c1-3-12-28-20-11-7-5-8-17(20)15(2)29-21(27)13-16(14-26)18-9-4-6-10-19(18)22(23,24)25/h4-11,13-14,28-29H,2-3,12,26-27H2,1H3/b16-14+,21-13+. The van der Waals surface area contributed by atoms with E-state index < -0.39 is 11.7 Å². The molecule has 0 aliphatic rings. The minimum absolute atomic E-state index is 0.0529. The third-order valence-corrected chi connectivity index (χ3v) is 4.15. The predicted molar refractivity (Wildman–Crippen MR) is 113 cm³/mol. The smallest absolute Gasteiger partial charge is 0.404 e. The quantitative estimate of drug-likeness (QED) is 0.475. The van der Waals surface area contributed by atoms with Crippen LogP contribution >= 0.6 is 0 Å². The van der Waals surface area contributed by atoms with Gasteiger partial charge in [0.15, 0.2) is 0 Å². The SMILES string of the molecule is C=C(N/C(N)=C/C(=C\N)c1ccccc1C(F)(F)F)c1ccccc1NCCC. The van der Waals surface area contributed by atoms with Gasteiger partial charge < -0.3 is 22.1 Å². The lowest BCUT2D eigenvalue weighted by molar-refractivity contribution is -0.137. The number of hydrogen-bond acceptors (Lipinski definition) is 4. The van der Waals surface area contributed by atoms with Crippen molar-refractivity contribution >= 4 is 17.0 Å². The summed E-state index contributed by atoms with van der Waals surface area (Å²) in [4.78, 5) is 0. The van der Waals surface area contributed by atoms with E-state index in [0.717, 1.165) is 36.5 Å². The first-order chi connectivity index (χ1) is 13.8. The fourth-order valence-electron chi connectivity index (χ4n) is 2.80. The summed E-state index contributed by atoms with van der Waals surface area (Å²) < 4.78 is 39.9. The van der Waals surface area contributed by atoms with E-state index in [1.807, 2.05) is 24.3 Å². The zero-order valence-corrected chi connectivity index (χ0v) is 16.2. The molecule has 0 saturated heterocycles. The van der Waals surface area contributed by atoms with Crippen molar-refractivity contribution < 1.29 is 13.2 Å². The summed E-state index contributed by atoms with van der Waals surface area (Å²) in [5.74, 6) is 0.119. The number of rotatable bonds is 8. The number of benzene rings is 2. The topological polar surface area (TPSA) is 76.1 Å². The van der Waals surface area contributed by atoms with Crippen molar-refractivity contribution in [3.63, 3.8) is 0 Å². The maximum atomic E-state index is 13.3. The van der Waals surface area contributed by atoms with Gasteiger partial charge in [0.2, 0.25) is 0 Å². The first-order valence-electron chi connectivity index (χ1n) is 9.12. The number of nitrogens with one attached hydrogen (secondary N) is 2. The van der Waals surface area contributed by atoms with Gasteiger partial charge in [-0.05, 0) is 30.2 Å². The number of anilines is 1. The highest BCUT2D eigenvalue weighted by Crippen LogP contribution is 2.35. The summed E-state index contributed by atoms with van der Waals surface area (Å²) in [6.07, 6.45) is -1.09. The van der Waals surface area contributed by atoms with Crippen LogP contribution in [0.3, 0.4) is 0 Å². The molecule has 2 aromatic rings. The molecule has 154 valence electrons. The summed E-state index contributed by atoms with van der Waals surface area (Å²) in [7, 11) is 0. The molecule has 2 aromatic carbocycles. The van der Waals surface area contributed by atoms with Gasteiger partial charge in [-0.3, -0.25) is 0 Å². The van der Waals surface area contributed by atoms with Gasteiger partial charge in [-0.15, -0.1) is 0 Å². The van der Waals surface area contributed by atoms with E-state index in [9.17, 15) is 13.2 Å². The third-order valence-electron chi connectivity index (χ3n) is 4.15. The van der Waals surface area contributed by atoms with Crippen LogP contribution in [0.1, 0.15) is 30.0 Å². The first-order valence-corrected chi connectivity index (χ1v) is 9.12. The Bertz CT molecular complexity index is 914. The summed E-state index contributed by atoms with van der Waals surface area (Å²) in [5.41, 5.74) is 13.1. The highest BCUT2D eigenvalue weighted by molar-refractivity contribution is 5.78. The largest absolute Gasteiger partial charge is 0.417 e. The normalized spacial score (nSPS) is 12.6. The molecule has 6 N–H and O–H groups in total. The van der Waals surface area contributed by atoms with Crippen molar-refractivity contribution in [2.24, 2.45) is 11.5 Å². The Balaban J connectivity index is 2.27. The second kappa shape index (κ2) is 9.73. The number of para-hydroxylation sites is 1. The van der Waals surface area contributed by atoms with Gasteiger partial charge in [0.05, 0.1) is 5.56 Å². The van der Waals surface area contributed by atoms with Crippen molar-refractivity contribution in [1.82, 2.24) is 5.32 Å². The van der Waals surface area contributed by atoms with E-state index in [4.69, 9.17) is 11.5 Å². The van der Waals surface area contributed by atoms with Crippen molar-refractivity contribution in [2.45, 2.75) is 19.5 Å². The average Bonchev–Trinajstić information content (AvgIpc) is 2.70. The van der Waals surface area contributed by atoms with Crippen LogP contribution in [0.25, 0.3) is 11.3 Å². The summed E-state index contributed by atoms with van der Waals surface area (Å²) in [6.45, 7) is 6.85. The Morgan fingerprint density at radius 1 is 1.07 bits per heavy atom. The van der Waals surface area contributed by atoms with Gasteiger partial charge in [-0.2, -0.15) is 13.2 Å². The first kappa shape index (κ1) is 21.9. The lowest BCUT2D eigenvalue weighted by Crippen LogP contribution is -2.19. The number of nitrogens with two attached hydrogens (primary N) is 2. The van der Waals surface area contributed by atoms with Crippen LogP contribution in [0, 0.1) is 0 Å². The fraction of sp³-hybridized carbons (Fsp3) is 0.182. The van der Waals surface area contributed by atoms with Crippen LogP contribution < -0.4 is 22.1 Å². The van der Waals surface area contributed by atoms with Gasteiger partial charge in [-0.25, -0.2) is 0 Å². The van der Waals surface area contributed by atoms with Crippen LogP contribution in [0.5, 0.6) is 0 Å². The van der Waals surface area contributed by atoms with Gasteiger partial charge in [0.25, 0.3) is 0 Å². The molecule has 0 unspecified atom stereocenters. The van der Waals surface area contributed by atoms with Crippen LogP contribution in [0.4, 0.5) is 18.9 Å². The minimum atomic E-state index is -4.51. The van der Waals surface area contributed by atoms with Gasteiger partial charge >= 0.3 is 6.18 Å². The highest BCUT2D eigenvalue weighted by Gasteiger charge is 2.33. The molecule has 0 spiro atoms. The van der Waals surface area contributed by atoms with Gasteiger partial charge in [-0.1, -0.05) is 49.9 Å². The molecule has 0 aliphatic heterocycles. The van der Waals surface area contributed by atoms with Gasteiger partial charge in [0.1, 0.15) is 5.82 Å². The average molecular weight is 402 g/mol. The molecule has 4 nitrogen and oxygen atoms in total. The van der Waals surface area contributed by atoms with E-state index >= 15 is 0 Å². The van der Waals surface area contributed by atoms with E-state index in [0.29, 0.717) is 5.70 Å². The van der Waals surface area contributed by atoms with E-state index in [2.05, 4.69) is 24.1 Å². The molecule has 0 radical (unpaired) electrons. The number of alkyl halides is 3. The Morgan fingerprint density at radius 2 is 1.69 bits per heavy atom. The molecule has 0 fully saturated rings. The van der Waals surface area contributed by atoms with Crippen molar-refractivity contribution in [3.8, 4) is 0 Å². The Labute approximate surface area is 168 Å². The van der Waals surface area contributed by atoms with Crippen molar-refractivity contribution in [3.05, 3.63) is 89.9 Å². The maximum Gasteiger partial charge on any atom is 0.417 e. The van der Waals surface area contributed by atoms with Crippen LogP contribution in [-0.2, 0) is 6.18 Å². The Kier molecular flexibility index (Phi) is 7.36. The fourth-order valence-corrected chi connectivity index (χ4v) is 2.80. The maximum absolute atomic E-state index is 13.3. The molecule has 0 amide bonds. The lowest BCUT2D eigenvalue weighted by Gasteiger charge is -2.16. The second-order valence-corrected chi connectivity index (χ2v) is 6.34. The minimum Gasteiger partial charge on any atom is -0.404 e. The zero-order chi connectivity index (χ0) is 21.4. The van der Waals surface area contributed by atoms with Crippen LogP contribution in [0.15, 0.2) is 73.2 Å². The van der Waals surface area contributed by atoms with Gasteiger partial charge in [0, 0.05) is 35.3 Å². The van der Waals surface area contributed by atoms with Crippen LogP contribution in [-0.4, -0.2) is 6.54 Å². The molecular formula is C22H25F3N4. The molecule has 0 aromatic heterocycles. The molecule has 0 saturated carbocycles. The Morgan fingerprint density at radius 3 is 2.31 bits per heavy atom. The summed E-state index contributed by atoms with van der Waals surface area (Å²) >= 11 is 0. The molecule has 0 atom stereocenters. The monoisotopic (exact) mass is 402 g/mol. The molecular weight excluding hydrogens is 377 g/mol. The van der Waals surface area contributed by atoms with E-state index in [1.165, 1.54) is 24.3 Å². The number of hydrogen-bond donors (Lipinski definition) is 4. The predicted octanol–water partition coefficient (Wildman–Crippen LogP) is 4.89. The van der Waals surface area contributed by atoms with Crippen molar-refractivity contribution in [1.29, 1.82) is 0 Å². The number of allylic oxidation sites excluding steroid dienone is 2. The molecule has 7 heteroatoms. The highest BCUT2D eigenvalue weighted by atomic mass is 19.4. The molecule has 2 rings (SSSR count). The van der Waals surface area contributed by atoms with Crippen LogP contribution in [0.2, 0.25) is 0 Å². The molecule has 0 heterocycles.